The molecule has 1 aromatic rings. The van der Waals surface area contributed by atoms with Crippen LogP contribution in [0.5, 0.6) is 0 Å². The lowest BCUT2D eigenvalue weighted by molar-refractivity contribution is -0.118. The fourth-order valence-corrected chi connectivity index (χ4v) is 2.63. The van der Waals surface area contributed by atoms with Crippen molar-refractivity contribution >= 4 is 23.2 Å². The van der Waals surface area contributed by atoms with Crippen molar-refractivity contribution in [2.45, 2.75) is 32.5 Å². The van der Waals surface area contributed by atoms with Crippen molar-refractivity contribution in [2.24, 2.45) is 0 Å². The lowest BCUT2D eigenvalue weighted by Gasteiger charge is -2.41. The maximum absolute atomic E-state index is 12.5. The molecule has 1 unspecified atom stereocenters. The summed E-state index contributed by atoms with van der Waals surface area (Å²) in [7, 11) is 0. The Hall–Kier alpha value is -1.26. The lowest BCUT2D eigenvalue weighted by Crippen LogP contribution is -2.53. The molecule has 1 aliphatic heterocycles. The average Bonchev–Trinajstić information content (AvgIpc) is 2.29. The Kier molecular flexibility index (Phi) is 3.74. The largest absolute Gasteiger partial charge is 0.398 e. The maximum Gasteiger partial charge on any atom is 0.254 e. The third-order valence-electron chi connectivity index (χ3n) is 3.10. The quantitative estimate of drug-likeness (QED) is 0.806. The Morgan fingerprint density at radius 2 is 2.21 bits per heavy atom. The fraction of sp³-hybridized carbons (Fsp3) is 0.500. The van der Waals surface area contributed by atoms with E-state index in [1.165, 1.54) is 0 Å². The molecule has 2 rings (SSSR count). The molecule has 0 aliphatic carbocycles. The van der Waals surface area contributed by atoms with Crippen molar-refractivity contribution in [3.63, 3.8) is 0 Å². The van der Waals surface area contributed by atoms with Crippen molar-refractivity contribution < 1.29 is 9.53 Å². The number of morpholine rings is 1. The van der Waals surface area contributed by atoms with E-state index in [9.17, 15) is 4.79 Å². The molecule has 1 fully saturated rings. The van der Waals surface area contributed by atoms with Crippen LogP contribution in [0.15, 0.2) is 18.2 Å². The van der Waals surface area contributed by atoms with Crippen LogP contribution in [0.3, 0.4) is 0 Å². The monoisotopic (exact) mass is 282 g/mol. The summed E-state index contributed by atoms with van der Waals surface area (Å²) in [5.41, 5.74) is 6.37. The fourth-order valence-electron chi connectivity index (χ4n) is 2.45. The molecular weight excluding hydrogens is 264 g/mol. The summed E-state index contributed by atoms with van der Waals surface area (Å²) in [6.07, 6.45) is 0.0250. The van der Waals surface area contributed by atoms with Crippen molar-refractivity contribution in [1.29, 1.82) is 0 Å². The summed E-state index contributed by atoms with van der Waals surface area (Å²) < 4.78 is 5.79. The van der Waals surface area contributed by atoms with Gasteiger partial charge in [0.05, 0.1) is 22.4 Å². The molecule has 104 valence electrons. The molecule has 1 heterocycles. The SMILES string of the molecule is CC1CN(C(=O)c2ccc(N)c(Cl)c2)CC(C)(C)O1. The molecule has 5 heteroatoms. The molecule has 0 radical (unpaired) electrons. The minimum atomic E-state index is -0.328. The van der Waals surface area contributed by atoms with Crippen molar-refractivity contribution in [3.8, 4) is 0 Å². The first kappa shape index (κ1) is 14.2. The zero-order valence-electron chi connectivity index (χ0n) is 11.4. The van der Waals surface area contributed by atoms with Gasteiger partial charge >= 0.3 is 0 Å². The predicted octanol–water partition coefficient (Wildman–Crippen LogP) is 2.56. The molecular formula is C14H19ClN2O2. The molecule has 1 amide bonds. The van der Waals surface area contributed by atoms with Crippen LogP contribution in [0.25, 0.3) is 0 Å². The summed E-state index contributed by atoms with van der Waals surface area (Å²) in [6.45, 7) is 7.09. The molecule has 0 saturated carbocycles. The second-order valence-corrected chi connectivity index (χ2v) is 6.02. The summed E-state index contributed by atoms with van der Waals surface area (Å²) >= 11 is 5.96. The summed E-state index contributed by atoms with van der Waals surface area (Å²) in [4.78, 5) is 14.3. The number of amides is 1. The molecule has 0 bridgehead atoms. The number of nitrogen functional groups attached to an aromatic ring is 1. The topological polar surface area (TPSA) is 55.6 Å². The van der Waals surface area contributed by atoms with Gasteiger partial charge in [0.15, 0.2) is 0 Å². The number of rotatable bonds is 1. The number of benzene rings is 1. The number of hydrogen-bond donors (Lipinski definition) is 1. The molecule has 2 N–H and O–H groups in total. The number of halogens is 1. The molecule has 1 aliphatic rings. The van der Waals surface area contributed by atoms with Gasteiger partial charge in [-0.25, -0.2) is 0 Å². The van der Waals surface area contributed by atoms with Crippen molar-refractivity contribution in [1.82, 2.24) is 4.90 Å². The van der Waals surface area contributed by atoms with Gasteiger partial charge in [0.25, 0.3) is 5.91 Å². The average molecular weight is 283 g/mol. The highest BCUT2D eigenvalue weighted by molar-refractivity contribution is 6.33. The predicted molar refractivity (Wildman–Crippen MR) is 76.4 cm³/mol. The highest BCUT2D eigenvalue weighted by atomic mass is 35.5. The zero-order valence-corrected chi connectivity index (χ0v) is 12.2. The molecule has 1 atom stereocenters. The molecule has 0 aromatic heterocycles. The lowest BCUT2D eigenvalue weighted by atomic mass is 10.0. The van der Waals surface area contributed by atoms with Gasteiger partial charge in [-0.15, -0.1) is 0 Å². The Morgan fingerprint density at radius 1 is 1.53 bits per heavy atom. The molecule has 19 heavy (non-hydrogen) atoms. The van der Waals surface area contributed by atoms with Gasteiger partial charge < -0.3 is 15.4 Å². The molecule has 1 saturated heterocycles. The zero-order chi connectivity index (χ0) is 14.2. The van der Waals surface area contributed by atoms with E-state index in [1.54, 1.807) is 23.1 Å². The Bertz CT molecular complexity index is 502. The van der Waals surface area contributed by atoms with E-state index in [4.69, 9.17) is 22.1 Å². The van der Waals surface area contributed by atoms with E-state index in [-0.39, 0.29) is 17.6 Å². The summed E-state index contributed by atoms with van der Waals surface area (Å²) in [5.74, 6) is -0.0369. The van der Waals surface area contributed by atoms with Gasteiger partial charge in [-0.2, -0.15) is 0 Å². The van der Waals surface area contributed by atoms with Crippen LogP contribution in [0.1, 0.15) is 31.1 Å². The first-order chi connectivity index (χ1) is 8.78. The smallest absolute Gasteiger partial charge is 0.254 e. The minimum Gasteiger partial charge on any atom is -0.398 e. The van der Waals surface area contributed by atoms with E-state index in [0.717, 1.165) is 0 Å². The number of carbonyl (C=O) groups is 1. The van der Waals surface area contributed by atoms with Gasteiger partial charge in [0.1, 0.15) is 0 Å². The third kappa shape index (κ3) is 3.19. The van der Waals surface area contributed by atoms with E-state index < -0.39 is 0 Å². The highest BCUT2D eigenvalue weighted by Crippen LogP contribution is 2.24. The number of carbonyl (C=O) groups excluding carboxylic acids is 1. The first-order valence-corrected chi connectivity index (χ1v) is 6.68. The first-order valence-electron chi connectivity index (χ1n) is 6.30. The van der Waals surface area contributed by atoms with Crippen molar-refractivity contribution in [3.05, 3.63) is 28.8 Å². The third-order valence-corrected chi connectivity index (χ3v) is 3.43. The van der Waals surface area contributed by atoms with E-state index in [1.807, 2.05) is 20.8 Å². The molecule has 0 spiro atoms. The maximum atomic E-state index is 12.5. The van der Waals surface area contributed by atoms with Crippen LogP contribution in [-0.4, -0.2) is 35.6 Å². The minimum absolute atomic E-state index is 0.0250. The van der Waals surface area contributed by atoms with E-state index in [2.05, 4.69) is 0 Å². The van der Waals surface area contributed by atoms with Crippen LogP contribution in [0.2, 0.25) is 5.02 Å². The molecule has 4 nitrogen and oxygen atoms in total. The van der Waals surface area contributed by atoms with Gasteiger partial charge in [0, 0.05) is 18.7 Å². The number of nitrogens with two attached hydrogens (primary N) is 1. The van der Waals surface area contributed by atoms with E-state index in [0.29, 0.717) is 29.4 Å². The van der Waals surface area contributed by atoms with Crippen LogP contribution in [-0.2, 0) is 4.74 Å². The van der Waals surface area contributed by atoms with Gasteiger partial charge in [-0.1, -0.05) is 11.6 Å². The van der Waals surface area contributed by atoms with Crippen LogP contribution in [0, 0.1) is 0 Å². The summed E-state index contributed by atoms with van der Waals surface area (Å²) in [5, 5.41) is 0.409. The van der Waals surface area contributed by atoms with Gasteiger partial charge in [-0.3, -0.25) is 4.79 Å². The molecule has 1 aromatic carbocycles. The Balaban J connectivity index is 2.21. The summed E-state index contributed by atoms with van der Waals surface area (Å²) in [6, 6.07) is 4.98. The van der Waals surface area contributed by atoms with Crippen LogP contribution < -0.4 is 5.73 Å². The Morgan fingerprint density at radius 3 is 2.79 bits per heavy atom. The van der Waals surface area contributed by atoms with Crippen LogP contribution >= 0.6 is 11.6 Å². The second kappa shape index (κ2) is 5.02. The Labute approximate surface area is 118 Å². The standard InChI is InChI=1S/C14H19ClN2O2/c1-9-7-17(8-14(2,3)19-9)13(18)10-4-5-12(16)11(15)6-10/h4-6,9H,7-8,16H2,1-3H3. The number of nitrogens with zero attached hydrogens (tertiary/aromatic N) is 1. The van der Waals surface area contributed by atoms with Gasteiger partial charge in [0.2, 0.25) is 0 Å². The normalized spacial score (nSPS) is 22.3. The number of ether oxygens (including phenoxy) is 1. The number of hydrogen-bond acceptors (Lipinski definition) is 3. The highest BCUT2D eigenvalue weighted by Gasteiger charge is 2.34. The van der Waals surface area contributed by atoms with E-state index >= 15 is 0 Å². The van der Waals surface area contributed by atoms with Crippen LogP contribution in [0.4, 0.5) is 5.69 Å². The van der Waals surface area contributed by atoms with Crippen molar-refractivity contribution in [2.75, 3.05) is 18.8 Å². The second-order valence-electron chi connectivity index (χ2n) is 5.61. The van der Waals surface area contributed by atoms with Gasteiger partial charge in [-0.05, 0) is 39.0 Å². The number of anilines is 1.